The normalized spacial score (nSPS) is 15.8. The lowest BCUT2D eigenvalue weighted by atomic mass is 9.89. The van der Waals surface area contributed by atoms with Gasteiger partial charge in [0.05, 0.1) is 0 Å². The maximum absolute atomic E-state index is 6.18. The van der Waals surface area contributed by atoms with Gasteiger partial charge in [-0.15, -0.1) is 0 Å². The van der Waals surface area contributed by atoms with Gasteiger partial charge in [0, 0.05) is 17.1 Å². The largest absolute Gasteiger partial charge is 0.315 e. The minimum Gasteiger partial charge on any atom is -0.315 e. The summed E-state index contributed by atoms with van der Waals surface area (Å²) in [5, 5.41) is 0.857. The Balaban J connectivity index is 1.86. The summed E-state index contributed by atoms with van der Waals surface area (Å²) in [6, 6.07) is 7.64. The Bertz CT molecular complexity index is 919. The van der Waals surface area contributed by atoms with Gasteiger partial charge in [-0.2, -0.15) is 4.98 Å². The highest BCUT2D eigenvalue weighted by molar-refractivity contribution is 9.10. The summed E-state index contributed by atoms with van der Waals surface area (Å²) in [6.45, 7) is 0.912. The van der Waals surface area contributed by atoms with E-state index in [1.54, 1.807) is 0 Å². The zero-order chi connectivity index (χ0) is 17.4. The van der Waals surface area contributed by atoms with Crippen molar-refractivity contribution >= 4 is 50.3 Å². The molecule has 4 rings (SSSR count). The third-order valence-electron chi connectivity index (χ3n) is 4.79. The molecule has 0 atom stereocenters. The first-order valence-corrected chi connectivity index (χ1v) is 10.0. The molecule has 0 radical (unpaired) electrons. The number of hydrogen-bond donors (Lipinski definition) is 0. The Morgan fingerprint density at radius 3 is 2.64 bits per heavy atom. The maximum Gasteiger partial charge on any atom is 0.225 e. The topological polar surface area (TPSA) is 43.6 Å². The number of fused-ring (bicyclic) bond motifs is 1. The number of aromatic nitrogens is 4. The van der Waals surface area contributed by atoms with Crippen molar-refractivity contribution in [3.05, 3.63) is 39.3 Å². The minimum atomic E-state index is 0.192. The molecule has 0 unspecified atom stereocenters. The average molecular weight is 440 g/mol. The van der Waals surface area contributed by atoms with Gasteiger partial charge in [-0.05, 0) is 58.4 Å². The summed E-state index contributed by atoms with van der Waals surface area (Å²) >= 11 is 15.9. The number of hydrogen-bond acceptors (Lipinski definition) is 3. The smallest absolute Gasteiger partial charge is 0.225 e. The zero-order valence-corrected chi connectivity index (χ0v) is 16.6. The Hall–Kier alpha value is -1.17. The molecule has 1 saturated carbocycles. The van der Waals surface area contributed by atoms with Gasteiger partial charge in [0.25, 0.3) is 0 Å². The highest BCUT2D eigenvalue weighted by atomic mass is 79.9. The highest BCUT2D eigenvalue weighted by Gasteiger charge is 2.21. The molecule has 7 heteroatoms. The molecule has 3 aromatic rings. The van der Waals surface area contributed by atoms with Gasteiger partial charge in [0.1, 0.15) is 11.2 Å². The van der Waals surface area contributed by atoms with Gasteiger partial charge in [-0.3, -0.25) is 0 Å². The monoisotopic (exact) mass is 438 g/mol. The average Bonchev–Trinajstić information content (AvgIpc) is 2.90. The maximum atomic E-state index is 6.18. The second-order valence-corrected chi connectivity index (χ2v) is 8.00. The van der Waals surface area contributed by atoms with Crippen molar-refractivity contribution in [2.24, 2.45) is 5.92 Å². The molecule has 130 valence electrons. The number of nitrogens with zero attached hydrogens (tertiary/aromatic N) is 4. The summed E-state index contributed by atoms with van der Waals surface area (Å²) in [7, 11) is 0. The van der Waals surface area contributed by atoms with Crippen molar-refractivity contribution in [1.29, 1.82) is 0 Å². The molecule has 0 N–H and O–H groups in total. The molecule has 0 amide bonds. The number of halogens is 3. The summed E-state index contributed by atoms with van der Waals surface area (Å²) in [5.41, 5.74) is 3.20. The number of benzene rings is 1. The first-order valence-electron chi connectivity index (χ1n) is 8.47. The van der Waals surface area contributed by atoms with E-state index in [2.05, 4.69) is 35.4 Å². The lowest BCUT2D eigenvalue weighted by Crippen LogP contribution is -2.14. The van der Waals surface area contributed by atoms with Gasteiger partial charge in [-0.1, -0.05) is 43.0 Å². The van der Waals surface area contributed by atoms with Crippen LogP contribution in [0, 0.1) is 5.92 Å². The van der Waals surface area contributed by atoms with E-state index < -0.39 is 0 Å². The lowest BCUT2D eigenvalue weighted by Gasteiger charge is -2.22. The van der Waals surface area contributed by atoms with Crippen molar-refractivity contribution in [1.82, 2.24) is 19.5 Å². The van der Waals surface area contributed by atoms with Crippen LogP contribution in [-0.4, -0.2) is 19.5 Å². The van der Waals surface area contributed by atoms with E-state index in [-0.39, 0.29) is 5.28 Å². The highest BCUT2D eigenvalue weighted by Crippen LogP contribution is 2.33. The first kappa shape index (κ1) is 17.3. The van der Waals surface area contributed by atoms with Crippen LogP contribution in [0.5, 0.6) is 0 Å². The number of rotatable bonds is 3. The molecule has 0 aliphatic heterocycles. The first-order chi connectivity index (χ1) is 12.1. The standard InChI is InChI=1S/C18H17BrCl2N4/c19-17-23-16-15(25(17)10-11-5-2-1-3-6-11)14(22-18(21)24-16)12-7-4-8-13(20)9-12/h4,7-9,11H,1-3,5-6,10H2. The van der Waals surface area contributed by atoms with Crippen LogP contribution in [-0.2, 0) is 6.54 Å². The van der Waals surface area contributed by atoms with E-state index in [0.717, 1.165) is 28.1 Å². The van der Waals surface area contributed by atoms with Crippen LogP contribution in [0.25, 0.3) is 22.4 Å². The lowest BCUT2D eigenvalue weighted by molar-refractivity contribution is 0.320. The molecule has 0 saturated heterocycles. The van der Waals surface area contributed by atoms with Crippen molar-refractivity contribution < 1.29 is 0 Å². The van der Waals surface area contributed by atoms with E-state index in [9.17, 15) is 0 Å². The Morgan fingerprint density at radius 1 is 1.08 bits per heavy atom. The zero-order valence-electron chi connectivity index (χ0n) is 13.6. The van der Waals surface area contributed by atoms with E-state index in [1.807, 2.05) is 24.3 Å². The van der Waals surface area contributed by atoms with E-state index in [1.165, 1.54) is 32.1 Å². The Kier molecular flexibility index (Phi) is 4.98. The van der Waals surface area contributed by atoms with Gasteiger partial charge in [-0.25, -0.2) is 9.97 Å². The van der Waals surface area contributed by atoms with Crippen molar-refractivity contribution in [3.63, 3.8) is 0 Å². The summed E-state index contributed by atoms with van der Waals surface area (Å²) in [6.07, 6.45) is 6.46. The van der Waals surface area contributed by atoms with Crippen molar-refractivity contribution in [2.75, 3.05) is 0 Å². The van der Waals surface area contributed by atoms with Crippen molar-refractivity contribution in [3.8, 4) is 11.3 Å². The molecule has 0 bridgehead atoms. The second-order valence-electron chi connectivity index (χ2n) is 6.52. The third-order valence-corrected chi connectivity index (χ3v) is 5.80. The third kappa shape index (κ3) is 3.55. The van der Waals surface area contributed by atoms with Crippen molar-refractivity contribution in [2.45, 2.75) is 38.6 Å². The fourth-order valence-corrected chi connectivity index (χ4v) is 4.46. The summed E-state index contributed by atoms with van der Waals surface area (Å²) in [5.74, 6) is 0.658. The molecule has 1 aromatic carbocycles. The molecule has 1 fully saturated rings. The second kappa shape index (κ2) is 7.22. The van der Waals surface area contributed by atoms with Crippen LogP contribution in [0.3, 0.4) is 0 Å². The predicted molar refractivity (Wildman–Crippen MR) is 105 cm³/mol. The van der Waals surface area contributed by atoms with E-state index in [4.69, 9.17) is 23.2 Å². The van der Waals surface area contributed by atoms with Gasteiger partial charge < -0.3 is 4.57 Å². The molecule has 4 nitrogen and oxygen atoms in total. The molecule has 1 aliphatic carbocycles. The molecule has 0 spiro atoms. The Morgan fingerprint density at radius 2 is 1.88 bits per heavy atom. The molecule has 1 aliphatic rings. The summed E-state index contributed by atoms with van der Waals surface area (Å²) in [4.78, 5) is 13.4. The van der Waals surface area contributed by atoms with E-state index >= 15 is 0 Å². The molecule has 25 heavy (non-hydrogen) atoms. The van der Waals surface area contributed by atoms with Gasteiger partial charge in [0.2, 0.25) is 5.28 Å². The van der Waals surface area contributed by atoms with Crippen LogP contribution in [0.4, 0.5) is 0 Å². The molecular weight excluding hydrogens is 423 g/mol. The van der Waals surface area contributed by atoms with Gasteiger partial charge >= 0.3 is 0 Å². The van der Waals surface area contributed by atoms with Crippen LogP contribution in [0.1, 0.15) is 32.1 Å². The minimum absolute atomic E-state index is 0.192. The van der Waals surface area contributed by atoms with E-state index in [0.29, 0.717) is 16.6 Å². The molecule has 2 heterocycles. The molecular formula is C18H17BrCl2N4. The van der Waals surface area contributed by atoms with Crippen LogP contribution in [0.2, 0.25) is 10.3 Å². The molecule has 2 aromatic heterocycles. The SMILES string of the molecule is Clc1cccc(-c2nc(Cl)nc3nc(Br)n(CC4CCCCC4)c23)c1. The van der Waals surface area contributed by atoms with Crippen LogP contribution >= 0.6 is 39.1 Å². The fourth-order valence-electron chi connectivity index (χ4n) is 3.61. The van der Waals surface area contributed by atoms with Crippen LogP contribution in [0.15, 0.2) is 29.0 Å². The predicted octanol–water partition coefficient (Wildman–Crippen LogP) is 6.14. The van der Waals surface area contributed by atoms with Gasteiger partial charge in [0.15, 0.2) is 10.4 Å². The van der Waals surface area contributed by atoms with Crippen LogP contribution < -0.4 is 0 Å². The quantitative estimate of drug-likeness (QED) is 0.363. The fraction of sp³-hybridized carbons (Fsp3) is 0.389. The number of imidazole rings is 1. The Labute approximate surface area is 164 Å². The summed E-state index contributed by atoms with van der Waals surface area (Å²) < 4.78 is 2.95.